The van der Waals surface area contributed by atoms with Crippen molar-refractivity contribution in [2.75, 3.05) is 0 Å². The van der Waals surface area contributed by atoms with Crippen molar-refractivity contribution in [1.82, 2.24) is 0 Å². The zero-order chi connectivity index (χ0) is 62.6. The normalized spacial score (nSPS) is 11.4. The van der Waals surface area contributed by atoms with Crippen molar-refractivity contribution < 1.29 is 38.1 Å². The fourth-order valence-electron chi connectivity index (χ4n) is 12.1. The number of carbonyl (C=O) groups excluding carboxylic acids is 4. The molecule has 500 valence electrons. The zero-order valence-corrected chi connectivity index (χ0v) is 57.4. The quantitative estimate of drug-likeness (QED) is 0.0366. The van der Waals surface area contributed by atoms with Crippen LogP contribution in [0.1, 0.15) is 405 Å². The fourth-order valence-corrected chi connectivity index (χ4v) is 12.1. The molecule has 0 saturated heterocycles. The maximum Gasteiger partial charge on any atom is 0.311 e. The molecule has 0 aliphatic heterocycles. The minimum absolute atomic E-state index is 0.264. The summed E-state index contributed by atoms with van der Waals surface area (Å²) in [5.41, 5.74) is 1.70. The maximum absolute atomic E-state index is 13.5. The van der Waals surface area contributed by atoms with Crippen molar-refractivity contribution in [3.63, 3.8) is 0 Å². The van der Waals surface area contributed by atoms with E-state index in [-0.39, 0.29) is 23.9 Å². The number of benzene rings is 2. The van der Waals surface area contributed by atoms with E-state index in [1.165, 1.54) is 257 Å². The summed E-state index contributed by atoms with van der Waals surface area (Å²) in [6.45, 7) is 9.08. The Bertz CT molecular complexity index is 1790. The molecule has 0 aliphatic rings. The third-order valence-corrected chi connectivity index (χ3v) is 17.8. The van der Waals surface area contributed by atoms with E-state index in [1.807, 2.05) is 24.3 Å². The first kappa shape index (κ1) is 79.4. The van der Waals surface area contributed by atoms with Crippen LogP contribution in [0.3, 0.4) is 0 Å². The van der Waals surface area contributed by atoms with Gasteiger partial charge >= 0.3 is 23.9 Å². The molecule has 0 spiro atoms. The fraction of sp³-hybridized carbons (Fsp3) is 0.797. The average molecular weight is 1210 g/mol. The molecule has 0 N–H and O–H groups in total. The summed E-state index contributed by atoms with van der Waals surface area (Å²) in [7, 11) is 0. The van der Waals surface area contributed by atoms with Gasteiger partial charge in [-0.25, -0.2) is 0 Å². The van der Waals surface area contributed by atoms with Gasteiger partial charge < -0.3 is 18.9 Å². The molecular weight excluding hydrogens is 1080 g/mol. The van der Waals surface area contributed by atoms with Crippen LogP contribution in [0.25, 0.3) is 0 Å². The molecule has 0 atom stereocenters. The SMILES string of the molecule is CCCCCCCCCCCCCCCC(=O)Oc1ccc(CCCc2ccc(OC(=O)CCCCCCCCCCCCCCC)cc2OC(=O)CCCCCCCCCCCCCCC)c(OC(=O)CCCCCCCCCCCCCCC)c1. The minimum atomic E-state index is -0.272. The molecule has 2 rings (SSSR count). The average Bonchev–Trinajstić information content (AvgIpc) is 3.43. The number of hydrogen-bond acceptors (Lipinski definition) is 8. The van der Waals surface area contributed by atoms with Crippen molar-refractivity contribution in [3.8, 4) is 23.0 Å². The van der Waals surface area contributed by atoms with Gasteiger partial charge in [0.05, 0.1) is 0 Å². The van der Waals surface area contributed by atoms with Crippen molar-refractivity contribution >= 4 is 23.9 Å². The summed E-state index contributed by atoms with van der Waals surface area (Å²) >= 11 is 0. The largest absolute Gasteiger partial charge is 0.426 e. The molecule has 0 aromatic heterocycles. The number of carbonyl (C=O) groups is 4. The summed E-state index contributed by atoms with van der Waals surface area (Å²) < 4.78 is 24.0. The number of esters is 4. The number of ether oxygens (including phenoxy) is 4. The summed E-state index contributed by atoms with van der Waals surface area (Å²) in [5, 5.41) is 0. The molecule has 2 aromatic carbocycles. The van der Waals surface area contributed by atoms with E-state index >= 15 is 0 Å². The first-order valence-electron chi connectivity index (χ1n) is 37.9. The third-order valence-electron chi connectivity index (χ3n) is 17.8. The zero-order valence-electron chi connectivity index (χ0n) is 57.4. The van der Waals surface area contributed by atoms with Crippen molar-refractivity contribution in [2.24, 2.45) is 0 Å². The molecule has 0 saturated carbocycles. The molecule has 0 radical (unpaired) electrons. The molecular formula is C79H136O8. The van der Waals surface area contributed by atoms with Crippen molar-refractivity contribution in [2.45, 2.75) is 407 Å². The second-order valence-corrected chi connectivity index (χ2v) is 26.3. The van der Waals surface area contributed by atoms with Gasteiger partial charge in [0.25, 0.3) is 0 Å². The first-order chi connectivity index (χ1) is 42.8. The van der Waals surface area contributed by atoms with E-state index in [0.717, 1.165) is 88.2 Å². The van der Waals surface area contributed by atoms with Crippen LogP contribution < -0.4 is 18.9 Å². The van der Waals surface area contributed by atoms with Gasteiger partial charge in [0.2, 0.25) is 0 Å². The minimum Gasteiger partial charge on any atom is -0.426 e. The number of unbranched alkanes of at least 4 members (excludes halogenated alkanes) is 48. The van der Waals surface area contributed by atoms with Gasteiger partial charge in [0.1, 0.15) is 23.0 Å². The molecule has 0 heterocycles. The molecule has 8 nitrogen and oxygen atoms in total. The lowest BCUT2D eigenvalue weighted by molar-refractivity contribution is -0.136. The Hall–Kier alpha value is -3.68. The smallest absolute Gasteiger partial charge is 0.311 e. The van der Waals surface area contributed by atoms with Gasteiger partial charge in [0, 0.05) is 37.8 Å². The molecule has 87 heavy (non-hydrogen) atoms. The molecule has 2 aromatic rings. The second kappa shape index (κ2) is 59.9. The maximum atomic E-state index is 13.5. The number of rotatable bonds is 64. The topological polar surface area (TPSA) is 105 Å². The standard InChI is InChI=1S/C79H136O8/c1-5-9-13-17-21-25-29-33-37-41-45-49-53-60-76(80)84-72-66-64-70(74(68-72)86-78(82)62-55-51-47-43-39-35-31-27-23-19-15-11-7-3)58-57-59-71-65-67-73(85-77(81)61-54-50-46-42-38-34-30-26-22-18-14-10-6-2)69-75(71)87-79(83)63-56-52-48-44-40-36-32-28-24-20-16-12-8-4/h64-69H,5-63H2,1-4H3. The Morgan fingerprint density at radius 2 is 0.414 bits per heavy atom. The summed E-state index contributed by atoms with van der Waals surface area (Å²) in [6.07, 6.45) is 67.8. The Kier molecular flexibility index (Phi) is 54.7. The van der Waals surface area contributed by atoms with E-state index in [4.69, 9.17) is 18.9 Å². The lowest BCUT2D eigenvalue weighted by Crippen LogP contribution is -2.12. The molecule has 0 fully saturated rings. The Morgan fingerprint density at radius 3 is 0.621 bits per heavy atom. The van der Waals surface area contributed by atoms with Crippen molar-refractivity contribution in [1.29, 1.82) is 0 Å². The van der Waals surface area contributed by atoms with Gasteiger partial charge in [0.15, 0.2) is 0 Å². The van der Waals surface area contributed by atoms with E-state index in [1.54, 1.807) is 12.1 Å². The van der Waals surface area contributed by atoms with Crippen LogP contribution in [0.15, 0.2) is 36.4 Å². The van der Waals surface area contributed by atoms with Crippen molar-refractivity contribution in [3.05, 3.63) is 47.5 Å². The predicted octanol–water partition coefficient (Wildman–Crippen LogP) is 25.4. The van der Waals surface area contributed by atoms with Gasteiger partial charge in [-0.3, -0.25) is 19.2 Å². The third kappa shape index (κ3) is 48.8. The summed E-state index contributed by atoms with van der Waals surface area (Å²) in [4.78, 5) is 53.2. The molecule has 0 bridgehead atoms. The highest BCUT2D eigenvalue weighted by Crippen LogP contribution is 2.31. The predicted molar refractivity (Wildman–Crippen MR) is 369 cm³/mol. The van der Waals surface area contributed by atoms with E-state index in [9.17, 15) is 19.2 Å². The van der Waals surface area contributed by atoms with Crippen LogP contribution in [0.2, 0.25) is 0 Å². The Balaban J connectivity index is 2.05. The lowest BCUT2D eigenvalue weighted by Gasteiger charge is -2.14. The number of hydrogen-bond donors (Lipinski definition) is 0. The van der Waals surface area contributed by atoms with Crippen LogP contribution in [-0.4, -0.2) is 23.9 Å². The monoisotopic (exact) mass is 1210 g/mol. The Morgan fingerprint density at radius 1 is 0.230 bits per heavy atom. The van der Waals surface area contributed by atoms with Crippen LogP contribution in [0.4, 0.5) is 0 Å². The highest BCUT2D eigenvalue weighted by atomic mass is 16.6. The summed E-state index contributed by atoms with van der Waals surface area (Å²) in [6, 6.07) is 10.9. The highest BCUT2D eigenvalue weighted by molar-refractivity contribution is 5.75. The number of aryl methyl sites for hydroxylation is 2. The van der Waals surface area contributed by atoms with Crippen LogP contribution in [-0.2, 0) is 32.0 Å². The first-order valence-corrected chi connectivity index (χ1v) is 37.9. The molecule has 0 unspecified atom stereocenters. The van der Waals surface area contributed by atoms with E-state index in [0.29, 0.717) is 67.9 Å². The van der Waals surface area contributed by atoms with E-state index < -0.39 is 0 Å². The van der Waals surface area contributed by atoms with Crippen LogP contribution in [0, 0.1) is 0 Å². The Labute approximate surface area is 536 Å². The van der Waals surface area contributed by atoms with Crippen LogP contribution in [0.5, 0.6) is 23.0 Å². The molecule has 0 amide bonds. The summed E-state index contributed by atoms with van der Waals surface area (Å²) in [5.74, 6) is 0.559. The molecule has 8 heteroatoms. The second-order valence-electron chi connectivity index (χ2n) is 26.3. The van der Waals surface area contributed by atoms with Gasteiger partial charge in [-0.05, 0) is 68.2 Å². The van der Waals surface area contributed by atoms with Gasteiger partial charge in [-0.2, -0.15) is 0 Å². The lowest BCUT2D eigenvalue weighted by atomic mass is 10.0. The van der Waals surface area contributed by atoms with Gasteiger partial charge in [-0.15, -0.1) is 0 Å². The van der Waals surface area contributed by atoms with Gasteiger partial charge in [-0.1, -0.05) is 348 Å². The van der Waals surface area contributed by atoms with E-state index in [2.05, 4.69) is 27.7 Å². The van der Waals surface area contributed by atoms with Crippen LogP contribution >= 0.6 is 0 Å². The highest BCUT2D eigenvalue weighted by Gasteiger charge is 2.17. The molecule has 0 aliphatic carbocycles.